The summed E-state index contributed by atoms with van der Waals surface area (Å²) in [5, 5.41) is 4.15. The Morgan fingerprint density at radius 3 is 2.87 bits per heavy atom. The first kappa shape index (κ1) is 12.1. The van der Waals surface area contributed by atoms with Crippen LogP contribution in [0.4, 0.5) is 0 Å². The molecule has 80 valence electrons. The van der Waals surface area contributed by atoms with Crippen molar-refractivity contribution in [3.05, 3.63) is 34.3 Å². The number of rotatable bonds is 4. The van der Waals surface area contributed by atoms with Crippen molar-refractivity contribution in [1.82, 2.24) is 5.32 Å². The highest BCUT2D eigenvalue weighted by atomic mass is 35.5. The summed E-state index contributed by atoms with van der Waals surface area (Å²) in [6.07, 6.45) is 0.906. The van der Waals surface area contributed by atoms with Crippen molar-refractivity contribution in [1.29, 1.82) is 0 Å². The van der Waals surface area contributed by atoms with Gasteiger partial charge < -0.3 is 5.32 Å². The molecule has 1 aromatic carbocycles. The molecular formula is C13H16ClN. The number of hydrogen-bond donors (Lipinski definition) is 1. The van der Waals surface area contributed by atoms with Crippen LogP contribution in [0.2, 0.25) is 5.02 Å². The van der Waals surface area contributed by atoms with E-state index in [2.05, 4.69) is 30.1 Å². The zero-order valence-corrected chi connectivity index (χ0v) is 9.99. The van der Waals surface area contributed by atoms with Crippen LogP contribution in [0, 0.1) is 18.8 Å². The highest BCUT2D eigenvalue weighted by Gasteiger charge is 1.97. The topological polar surface area (TPSA) is 12.0 Å². The standard InChI is InChI=1S/C13H16ClN/c1-3-4-5-8-15-10-12-6-7-13(14)9-11(12)2/h6-7,9,15H,5,8,10H2,1-2H3. The molecule has 0 bridgehead atoms. The van der Waals surface area contributed by atoms with Crippen molar-refractivity contribution in [3.63, 3.8) is 0 Å². The fourth-order valence-electron chi connectivity index (χ4n) is 1.36. The van der Waals surface area contributed by atoms with Crippen molar-refractivity contribution in [2.75, 3.05) is 6.54 Å². The second-order valence-corrected chi connectivity index (χ2v) is 3.86. The maximum absolute atomic E-state index is 5.88. The summed E-state index contributed by atoms with van der Waals surface area (Å²) < 4.78 is 0. The molecule has 0 aliphatic rings. The number of nitrogens with one attached hydrogen (secondary N) is 1. The van der Waals surface area contributed by atoms with Gasteiger partial charge in [0.2, 0.25) is 0 Å². The van der Waals surface area contributed by atoms with Gasteiger partial charge in [0.1, 0.15) is 0 Å². The predicted octanol–water partition coefficient (Wildman–Crippen LogP) is 3.15. The van der Waals surface area contributed by atoms with Crippen molar-refractivity contribution >= 4 is 11.6 Å². The Balaban J connectivity index is 2.39. The predicted molar refractivity (Wildman–Crippen MR) is 66.0 cm³/mol. The molecule has 0 fully saturated rings. The molecular weight excluding hydrogens is 206 g/mol. The molecule has 0 spiro atoms. The Hall–Kier alpha value is -0.970. The van der Waals surface area contributed by atoms with Crippen LogP contribution in [-0.2, 0) is 6.54 Å². The number of benzene rings is 1. The van der Waals surface area contributed by atoms with Crippen LogP contribution in [0.5, 0.6) is 0 Å². The first-order valence-corrected chi connectivity index (χ1v) is 5.47. The minimum atomic E-state index is 0.799. The largest absolute Gasteiger partial charge is 0.312 e. The lowest BCUT2D eigenvalue weighted by atomic mass is 10.1. The fourth-order valence-corrected chi connectivity index (χ4v) is 1.58. The van der Waals surface area contributed by atoms with Crippen LogP contribution in [0.1, 0.15) is 24.5 Å². The van der Waals surface area contributed by atoms with Gasteiger partial charge in [-0.1, -0.05) is 17.7 Å². The summed E-state index contributed by atoms with van der Waals surface area (Å²) in [6.45, 7) is 5.76. The van der Waals surface area contributed by atoms with Gasteiger partial charge in [-0.05, 0) is 37.1 Å². The van der Waals surface area contributed by atoms with Crippen molar-refractivity contribution in [2.24, 2.45) is 0 Å². The third-order valence-electron chi connectivity index (χ3n) is 2.22. The van der Waals surface area contributed by atoms with Crippen molar-refractivity contribution in [3.8, 4) is 11.8 Å². The molecule has 15 heavy (non-hydrogen) atoms. The number of aryl methyl sites for hydroxylation is 1. The first-order chi connectivity index (χ1) is 7.24. The Kier molecular flexibility index (Phi) is 5.25. The van der Waals surface area contributed by atoms with Gasteiger partial charge in [-0.2, -0.15) is 0 Å². The molecule has 0 saturated heterocycles. The lowest BCUT2D eigenvalue weighted by Gasteiger charge is -2.06. The van der Waals surface area contributed by atoms with Gasteiger partial charge in [-0.25, -0.2) is 0 Å². The van der Waals surface area contributed by atoms with Crippen LogP contribution in [-0.4, -0.2) is 6.54 Å². The molecule has 0 amide bonds. The lowest BCUT2D eigenvalue weighted by Crippen LogP contribution is -2.14. The summed E-state index contributed by atoms with van der Waals surface area (Å²) in [5.41, 5.74) is 2.53. The smallest absolute Gasteiger partial charge is 0.0408 e. The second kappa shape index (κ2) is 6.50. The molecule has 0 unspecified atom stereocenters. The molecule has 1 rings (SSSR count). The van der Waals surface area contributed by atoms with E-state index in [1.807, 2.05) is 19.1 Å². The van der Waals surface area contributed by atoms with Gasteiger partial charge in [0.05, 0.1) is 0 Å². The van der Waals surface area contributed by atoms with Crippen LogP contribution >= 0.6 is 11.6 Å². The molecule has 0 heterocycles. The molecule has 1 N–H and O–H groups in total. The quantitative estimate of drug-likeness (QED) is 0.609. The van der Waals surface area contributed by atoms with Crippen LogP contribution in [0.3, 0.4) is 0 Å². The van der Waals surface area contributed by atoms with Crippen LogP contribution < -0.4 is 5.32 Å². The minimum absolute atomic E-state index is 0.799. The normalized spacial score (nSPS) is 9.53. The molecule has 1 nitrogen and oxygen atoms in total. The highest BCUT2D eigenvalue weighted by molar-refractivity contribution is 6.30. The van der Waals surface area contributed by atoms with E-state index in [0.29, 0.717) is 0 Å². The number of halogens is 1. The minimum Gasteiger partial charge on any atom is -0.312 e. The summed E-state index contributed by atoms with van der Waals surface area (Å²) in [4.78, 5) is 0. The van der Waals surface area contributed by atoms with Gasteiger partial charge in [0, 0.05) is 24.5 Å². The lowest BCUT2D eigenvalue weighted by molar-refractivity contribution is 0.698. The Morgan fingerprint density at radius 2 is 2.20 bits per heavy atom. The maximum Gasteiger partial charge on any atom is 0.0408 e. The van der Waals surface area contributed by atoms with E-state index in [4.69, 9.17) is 11.6 Å². The zero-order valence-electron chi connectivity index (χ0n) is 9.23. The van der Waals surface area contributed by atoms with Crippen molar-refractivity contribution < 1.29 is 0 Å². The zero-order chi connectivity index (χ0) is 11.1. The van der Waals surface area contributed by atoms with Gasteiger partial charge >= 0.3 is 0 Å². The SMILES string of the molecule is CC#CCCNCc1ccc(Cl)cc1C. The summed E-state index contributed by atoms with van der Waals surface area (Å²) in [7, 11) is 0. The van der Waals surface area contributed by atoms with E-state index in [0.717, 1.165) is 24.5 Å². The molecule has 0 atom stereocenters. The summed E-state index contributed by atoms with van der Waals surface area (Å²) in [6, 6.07) is 5.98. The molecule has 0 aliphatic carbocycles. The van der Waals surface area contributed by atoms with E-state index in [1.165, 1.54) is 11.1 Å². The average Bonchev–Trinajstić information content (AvgIpc) is 2.20. The fraction of sp³-hybridized carbons (Fsp3) is 0.385. The van der Waals surface area contributed by atoms with Crippen LogP contribution in [0.15, 0.2) is 18.2 Å². The maximum atomic E-state index is 5.88. The van der Waals surface area contributed by atoms with E-state index in [-0.39, 0.29) is 0 Å². The van der Waals surface area contributed by atoms with Gasteiger partial charge in [0.15, 0.2) is 0 Å². The molecule has 0 saturated carbocycles. The third kappa shape index (κ3) is 4.38. The number of hydrogen-bond acceptors (Lipinski definition) is 1. The molecule has 1 aromatic rings. The monoisotopic (exact) mass is 221 g/mol. The first-order valence-electron chi connectivity index (χ1n) is 5.09. The summed E-state index contributed by atoms with van der Waals surface area (Å²) in [5.74, 6) is 5.90. The molecule has 2 heteroatoms. The second-order valence-electron chi connectivity index (χ2n) is 3.42. The Morgan fingerprint density at radius 1 is 1.40 bits per heavy atom. The Labute approximate surface area is 96.8 Å². The third-order valence-corrected chi connectivity index (χ3v) is 2.46. The van der Waals surface area contributed by atoms with E-state index >= 15 is 0 Å². The van der Waals surface area contributed by atoms with E-state index in [9.17, 15) is 0 Å². The van der Waals surface area contributed by atoms with Gasteiger partial charge in [0.25, 0.3) is 0 Å². The van der Waals surface area contributed by atoms with Crippen LogP contribution in [0.25, 0.3) is 0 Å². The molecule has 0 aliphatic heterocycles. The van der Waals surface area contributed by atoms with E-state index in [1.54, 1.807) is 0 Å². The highest BCUT2D eigenvalue weighted by Crippen LogP contribution is 2.14. The summed E-state index contributed by atoms with van der Waals surface area (Å²) >= 11 is 5.88. The van der Waals surface area contributed by atoms with Crippen molar-refractivity contribution in [2.45, 2.75) is 26.8 Å². The molecule has 0 radical (unpaired) electrons. The van der Waals surface area contributed by atoms with E-state index < -0.39 is 0 Å². The Bertz CT molecular complexity index is 374. The van der Waals surface area contributed by atoms with Gasteiger partial charge in [-0.15, -0.1) is 11.8 Å². The van der Waals surface area contributed by atoms with Gasteiger partial charge in [-0.3, -0.25) is 0 Å². The molecule has 0 aromatic heterocycles. The average molecular weight is 222 g/mol.